The molecule has 0 aliphatic heterocycles. The molecule has 0 spiro atoms. The third-order valence-corrected chi connectivity index (χ3v) is 1.92. The predicted octanol–water partition coefficient (Wildman–Crippen LogP) is 2.81. The van der Waals surface area contributed by atoms with Crippen molar-refractivity contribution in [1.29, 1.82) is 0 Å². The van der Waals surface area contributed by atoms with Crippen molar-refractivity contribution in [1.82, 2.24) is 0 Å². The van der Waals surface area contributed by atoms with Crippen LogP contribution in [0.15, 0.2) is 42.5 Å². The first kappa shape index (κ1) is 6.41. The van der Waals surface area contributed by atoms with Crippen LogP contribution in [0.1, 0.15) is 11.1 Å². The minimum atomic E-state index is 1.06. The van der Waals surface area contributed by atoms with E-state index in [0.29, 0.717) is 0 Å². The molecule has 0 bridgehead atoms. The van der Waals surface area contributed by atoms with Crippen LogP contribution in [0.25, 0.3) is 6.08 Å². The molecule has 2 rings (SSSR count). The van der Waals surface area contributed by atoms with E-state index in [-0.39, 0.29) is 0 Å². The van der Waals surface area contributed by atoms with Crippen molar-refractivity contribution < 1.29 is 0 Å². The molecule has 0 heteroatoms. The zero-order valence-electron chi connectivity index (χ0n) is 6.33. The summed E-state index contributed by atoms with van der Waals surface area (Å²) in [6, 6.07) is 8.49. The van der Waals surface area contributed by atoms with Gasteiger partial charge < -0.3 is 0 Å². The Morgan fingerprint density at radius 2 is 1.91 bits per heavy atom. The second kappa shape index (κ2) is 2.75. The van der Waals surface area contributed by atoms with E-state index in [1.165, 1.54) is 11.1 Å². The van der Waals surface area contributed by atoms with Gasteiger partial charge in [-0.3, -0.25) is 0 Å². The minimum Gasteiger partial charge on any atom is -0.0801 e. The lowest BCUT2D eigenvalue weighted by Gasteiger charge is -1.99. The molecule has 0 saturated heterocycles. The molecular formula is C11H10. The van der Waals surface area contributed by atoms with Crippen molar-refractivity contribution in [3.8, 4) is 0 Å². The molecule has 0 N–H and O–H groups in total. The maximum atomic E-state index is 2.18. The Morgan fingerprint density at radius 3 is 2.91 bits per heavy atom. The third-order valence-electron chi connectivity index (χ3n) is 1.92. The van der Waals surface area contributed by atoms with E-state index in [1.54, 1.807) is 0 Å². The quantitative estimate of drug-likeness (QED) is 0.522. The summed E-state index contributed by atoms with van der Waals surface area (Å²) < 4.78 is 0. The lowest BCUT2D eigenvalue weighted by atomic mass is 10.1. The molecule has 1 aliphatic rings. The first-order valence-corrected chi connectivity index (χ1v) is 3.88. The fraction of sp³-hybridized carbons (Fsp3) is 0.0909. The second-order valence-electron chi connectivity index (χ2n) is 2.69. The molecule has 1 aliphatic carbocycles. The van der Waals surface area contributed by atoms with Gasteiger partial charge in [-0.05, 0) is 17.5 Å². The first-order chi connectivity index (χ1) is 5.47. The van der Waals surface area contributed by atoms with Crippen LogP contribution in [0.3, 0.4) is 0 Å². The molecule has 0 amide bonds. The standard InChI is InChI=1S/C11H10/c1-2-6-10-8-4-5-9-11(10)7-3-1/h1-6,8-9H,7H2. The number of hydrogen-bond donors (Lipinski definition) is 0. The van der Waals surface area contributed by atoms with Gasteiger partial charge in [0.15, 0.2) is 0 Å². The molecule has 0 atom stereocenters. The Kier molecular flexibility index (Phi) is 1.60. The Labute approximate surface area is 66.9 Å². The molecule has 0 heterocycles. The first-order valence-electron chi connectivity index (χ1n) is 3.88. The van der Waals surface area contributed by atoms with Gasteiger partial charge in [-0.2, -0.15) is 0 Å². The lowest BCUT2D eigenvalue weighted by molar-refractivity contribution is 1.27. The van der Waals surface area contributed by atoms with Crippen LogP contribution in [0, 0.1) is 0 Å². The summed E-state index contributed by atoms with van der Waals surface area (Å²) in [5.74, 6) is 0. The van der Waals surface area contributed by atoms with Crippen LogP contribution in [0.2, 0.25) is 0 Å². The average molecular weight is 142 g/mol. The number of fused-ring (bicyclic) bond motifs is 1. The molecule has 0 aromatic heterocycles. The highest BCUT2D eigenvalue weighted by atomic mass is 14.0. The van der Waals surface area contributed by atoms with Gasteiger partial charge in [0.1, 0.15) is 0 Å². The van der Waals surface area contributed by atoms with E-state index >= 15 is 0 Å². The number of allylic oxidation sites excluding steroid dienone is 3. The van der Waals surface area contributed by atoms with Gasteiger partial charge in [-0.15, -0.1) is 0 Å². The topological polar surface area (TPSA) is 0 Å². The molecular weight excluding hydrogens is 132 g/mol. The van der Waals surface area contributed by atoms with E-state index in [0.717, 1.165) is 6.42 Å². The van der Waals surface area contributed by atoms with Crippen LogP contribution in [-0.4, -0.2) is 0 Å². The van der Waals surface area contributed by atoms with E-state index in [4.69, 9.17) is 0 Å². The van der Waals surface area contributed by atoms with Crippen LogP contribution in [0.5, 0.6) is 0 Å². The fourth-order valence-corrected chi connectivity index (χ4v) is 1.32. The predicted molar refractivity (Wildman–Crippen MR) is 48.3 cm³/mol. The monoisotopic (exact) mass is 142 g/mol. The van der Waals surface area contributed by atoms with E-state index in [1.807, 2.05) is 0 Å². The molecule has 1 aromatic carbocycles. The third kappa shape index (κ3) is 1.25. The molecule has 1 aromatic rings. The zero-order valence-corrected chi connectivity index (χ0v) is 6.33. The smallest absolute Gasteiger partial charge is 0.00884 e. The van der Waals surface area contributed by atoms with Gasteiger partial charge in [-0.1, -0.05) is 48.6 Å². The Bertz CT molecular complexity index is 306. The normalized spacial score (nSPS) is 14.2. The summed E-state index contributed by atoms with van der Waals surface area (Å²) in [5, 5.41) is 0. The summed E-state index contributed by atoms with van der Waals surface area (Å²) in [5.41, 5.74) is 2.76. The second-order valence-corrected chi connectivity index (χ2v) is 2.69. The van der Waals surface area contributed by atoms with Crippen molar-refractivity contribution in [3.05, 3.63) is 53.6 Å². The number of benzene rings is 1. The highest BCUT2D eigenvalue weighted by molar-refractivity contribution is 5.57. The molecule has 0 nitrogen and oxygen atoms in total. The summed E-state index contributed by atoms with van der Waals surface area (Å²) in [6.45, 7) is 0. The van der Waals surface area contributed by atoms with Crippen molar-refractivity contribution in [2.24, 2.45) is 0 Å². The number of hydrogen-bond acceptors (Lipinski definition) is 0. The highest BCUT2D eigenvalue weighted by Gasteiger charge is 1.96. The summed E-state index contributed by atoms with van der Waals surface area (Å²) in [7, 11) is 0. The van der Waals surface area contributed by atoms with Crippen LogP contribution >= 0.6 is 0 Å². The van der Waals surface area contributed by atoms with Gasteiger partial charge >= 0.3 is 0 Å². The van der Waals surface area contributed by atoms with Crippen molar-refractivity contribution in [3.63, 3.8) is 0 Å². The van der Waals surface area contributed by atoms with Crippen LogP contribution < -0.4 is 0 Å². The van der Waals surface area contributed by atoms with Gasteiger partial charge in [0.25, 0.3) is 0 Å². The molecule has 0 radical (unpaired) electrons. The summed E-state index contributed by atoms with van der Waals surface area (Å²) in [4.78, 5) is 0. The molecule has 0 fully saturated rings. The van der Waals surface area contributed by atoms with Gasteiger partial charge in [-0.25, -0.2) is 0 Å². The van der Waals surface area contributed by atoms with Crippen LogP contribution in [-0.2, 0) is 6.42 Å². The number of rotatable bonds is 0. The highest BCUT2D eigenvalue weighted by Crippen LogP contribution is 2.14. The zero-order chi connectivity index (χ0) is 7.52. The van der Waals surface area contributed by atoms with E-state index in [9.17, 15) is 0 Å². The maximum absolute atomic E-state index is 2.18. The van der Waals surface area contributed by atoms with Crippen molar-refractivity contribution in [2.75, 3.05) is 0 Å². The SMILES string of the molecule is C1=CCc2ccccc2C=C1. The molecule has 54 valence electrons. The Morgan fingerprint density at radius 1 is 1.00 bits per heavy atom. The summed E-state index contributed by atoms with van der Waals surface area (Å²) >= 11 is 0. The Hall–Kier alpha value is -1.30. The Balaban J connectivity index is 2.52. The summed E-state index contributed by atoms with van der Waals surface area (Å²) in [6.07, 6.45) is 9.58. The molecule has 11 heavy (non-hydrogen) atoms. The minimum absolute atomic E-state index is 1.06. The van der Waals surface area contributed by atoms with Crippen molar-refractivity contribution in [2.45, 2.75) is 6.42 Å². The maximum Gasteiger partial charge on any atom is -0.00884 e. The molecule has 0 saturated carbocycles. The van der Waals surface area contributed by atoms with Gasteiger partial charge in [0, 0.05) is 0 Å². The van der Waals surface area contributed by atoms with E-state index < -0.39 is 0 Å². The van der Waals surface area contributed by atoms with Crippen LogP contribution in [0.4, 0.5) is 0 Å². The fourth-order valence-electron chi connectivity index (χ4n) is 1.32. The van der Waals surface area contributed by atoms with Crippen molar-refractivity contribution >= 4 is 6.08 Å². The van der Waals surface area contributed by atoms with Gasteiger partial charge in [0.2, 0.25) is 0 Å². The molecule has 0 unspecified atom stereocenters. The van der Waals surface area contributed by atoms with Gasteiger partial charge in [0.05, 0.1) is 0 Å². The lowest BCUT2D eigenvalue weighted by Crippen LogP contribution is -1.83. The largest absolute Gasteiger partial charge is 0.0801 e. The van der Waals surface area contributed by atoms with E-state index in [2.05, 4.69) is 48.6 Å². The average Bonchev–Trinajstić information content (AvgIpc) is 2.28.